The summed E-state index contributed by atoms with van der Waals surface area (Å²) in [6, 6.07) is 0. The molecule has 1 saturated heterocycles. The van der Waals surface area contributed by atoms with E-state index in [0.717, 1.165) is 63.7 Å². The van der Waals surface area contributed by atoms with Gasteiger partial charge in [-0.3, -0.25) is 4.99 Å². The van der Waals surface area contributed by atoms with Crippen LogP contribution in [-0.4, -0.2) is 67.2 Å². The minimum absolute atomic E-state index is 0.206. The summed E-state index contributed by atoms with van der Waals surface area (Å²) >= 11 is 0. The molecule has 7 heteroatoms. The first kappa shape index (κ1) is 19.0. The van der Waals surface area contributed by atoms with Crippen LogP contribution in [0.4, 0.5) is 0 Å². The average Bonchev–Trinajstić information content (AvgIpc) is 2.60. The summed E-state index contributed by atoms with van der Waals surface area (Å²) in [4.78, 5) is 6.47. The summed E-state index contributed by atoms with van der Waals surface area (Å²) in [6.07, 6.45) is 9.67. The lowest BCUT2D eigenvalue weighted by molar-refractivity contribution is 0.00806. The van der Waals surface area contributed by atoms with E-state index < -0.39 is 20.2 Å². The predicted molar refractivity (Wildman–Crippen MR) is 101 cm³/mol. The Balaban J connectivity index is 1.67. The maximum Gasteiger partial charge on any atom is 0.193 e. The summed E-state index contributed by atoms with van der Waals surface area (Å²) < 4.78 is 24.9. The van der Waals surface area contributed by atoms with Crippen molar-refractivity contribution in [1.29, 1.82) is 0 Å². The van der Waals surface area contributed by atoms with Crippen molar-refractivity contribution in [3.05, 3.63) is 0 Å². The van der Waals surface area contributed by atoms with Crippen LogP contribution < -0.4 is 5.32 Å². The molecule has 0 unspecified atom stereocenters. The Labute approximate surface area is 152 Å². The fraction of sp³-hybridized carbons (Fsp3) is 0.944. The lowest BCUT2D eigenvalue weighted by atomic mass is 9.85. The molecule has 2 saturated carbocycles. The Kier molecular flexibility index (Phi) is 5.63. The second-order valence-corrected chi connectivity index (χ2v) is 10.7. The number of rotatable bonds is 2. The molecule has 0 atom stereocenters. The smallest absolute Gasteiger partial charge is 0.193 e. The molecule has 144 valence electrons. The van der Waals surface area contributed by atoms with Crippen LogP contribution in [0.1, 0.15) is 64.2 Å². The first-order chi connectivity index (χ1) is 11.9. The molecule has 0 radical (unpaired) electrons. The third kappa shape index (κ3) is 3.97. The number of aliphatic hydroxyl groups is 1. The minimum Gasteiger partial charge on any atom is -0.388 e. The molecule has 2 N–H and O–H groups in total. The van der Waals surface area contributed by atoms with Crippen molar-refractivity contribution < 1.29 is 13.5 Å². The molecule has 0 aromatic heterocycles. The largest absolute Gasteiger partial charge is 0.388 e. The van der Waals surface area contributed by atoms with Gasteiger partial charge in [0.1, 0.15) is 0 Å². The molecule has 3 fully saturated rings. The molecule has 3 rings (SSSR count). The van der Waals surface area contributed by atoms with Gasteiger partial charge >= 0.3 is 0 Å². The maximum atomic E-state index is 12.7. The number of guanidine groups is 1. The standard InChI is InChI=1S/C18H33N3O3S/c1-19-16(20-14-17(22)8-4-2-5-9-17)21-12-13-25(23,24)18(15-21)10-6-3-7-11-18/h22H,2-15H2,1H3,(H,19,20). The van der Waals surface area contributed by atoms with Gasteiger partial charge in [0.05, 0.1) is 16.1 Å². The quantitative estimate of drug-likeness (QED) is 0.570. The third-order valence-electron chi connectivity index (χ3n) is 6.40. The van der Waals surface area contributed by atoms with Gasteiger partial charge in [0.15, 0.2) is 15.8 Å². The zero-order valence-corrected chi connectivity index (χ0v) is 16.3. The van der Waals surface area contributed by atoms with Crippen LogP contribution in [0.5, 0.6) is 0 Å². The van der Waals surface area contributed by atoms with E-state index in [2.05, 4.69) is 15.2 Å². The normalized spacial score (nSPS) is 28.7. The Morgan fingerprint density at radius 1 is 1.08 bits per heavy atom. The van der Waals surface area contributed by atoms with E-state index in [1.54, 1.807) is 7.05 Å². The highest BCUT2D eigenvalue weighted by Crippen LogP contribution is 2.38. The number of hydrogen-bond donors (Lipinski definition) is 2. The van der Waals surface area contributed by atoms with Crippen molar-refractivity contribution in [2.45, 2.75) is 74.6 Å². The summed E-state index contributed by atoms with van der Waals surface area (Å²) in [5.74, 6) is 0.941. The zero-order chi connectivity index (χ0) is 18.0. The van der Waals surface area contributed by atoms with Crippen molar-refractivity contribution in [1.82, 2.24) is 10.2 Å². The van der Waals surface area contributed by atoms with Gasteiger partial charge in [-0.1, -0.05) is 38.5 Å². The molecule has 3 aliphatic rings. The summed E-state index contributed by atoms with van der Waals surface area (Å²) in [5.41, 5.74) is -0.654. The van der Waals surface area contributed by atoms with Gasteiger partial charge in [-0.05, 0) is 25.7 Å². The van der Waals surface area contributed by atoms with E-state index in [1.807, 2.05) is 0 Å². The van der Waals surface area contributed by atoms with Gasteiger partial charge in [0, 0.05) is 26.7 Å². The van der Waals surface area contributed by atoms with Crippen LogP contribution in [-0.2, 0) is 9.84 Å². The van der Waals surface area contributed by atoms with E-state index in [4.69, 9.17) is 0 Å². The molecule has 1 aliphatic heterocycles. The van der Waals surface area contributed by atoms with Crippen molar-refractivity contribution in [3.63, 3.8) is 0 Å². The molecule has 0 aromatic rings. The van der Waals surface area contributed by atoms with Crippen LogP contribution in [0.3, 0.4) is 0 Å². The number of nitrogens with zero attached hydrogens (tertiary/aromatic N) is 2. The molecular formula is C18H33N3O3S. The molecule has 1 spiro atoms. The fourth-order valence-corrected chi connectivity index (χ4v) is 6.94. The third-order valence-corrected chi connectivity index (χ3v) is 8.98. The topological polar surface area (TPSA) is 82.0 Å². The maximum absolute atomic E-state index is 12.7. The van der Waals surface area contributed by atoms with Crippen LogP contribution in [0.2, 0.25) is 0 Å². The Hall–Kier alpha value is -0.820. The van der Waals surface area contributed by atoms with Gasteiger partial charge in [0.2, 0.25) is 0 Å². The molecule has 1 heterocycles. The van der Waals surface area contributed by atoms with E-state index in [0.29, 0.717) is 19.6 Å². The number of sulfone groups is 1. The van der Waals surface area contributed by atoms with Gasteiger partial charge < -0.3 is 15.3 Å². The summed E-state index contributed by atoms with van der Waals surface area (Å²) in [5, 5.41) is 14.0. The Morgan fingerprint density at radius 3 is 2.28 bits per heavy atom. The van der Waals surface area contributed by atoms with Crippen LogP contribution >= 0.6 is 0 Å². The predicted octanol–water partition coefficient (Wildman–Crippen LogP) is 1.69. The van der Waals surface area contributed by atoms with Gasteiger partial charge in [0.25, 0.3) is 0 Å². The summed E-state index contributed by atoms with van der Waals surface area (Å²) in [7, 11) is -1.30. The highest BCUT2D eigenvalue weighted by Gasteiger charge is 2.48. The zero-order valence-electron chi connectivity index (χ0n) is 15.5. The molecule has 0 aromatic carbocycles. The lowest BCUT2D eigenvalue weighted by Crippen LogP contribution is -2.61. The van der Waals surface area contributed by atoms with Crippen LogP contribution in [0.15, 0.2) is 4.99 Å². The highest BCUT2D eigenvalue weighted by molar-refractivity contribution is 7.92. The Morgan fingerprint density at radius 2 is 1.68 bits per heavy atom. The summed E-state index contributed by atoms with van der Waals surface area (Å²) in [6.45, 7) is 1.52. The second kappa shape index (κ2) is 7.43. The first-order valence-corrected chi connectivity index (χ1v) is 11.5. The SMILES string of the molecule is CN=C(NCC1(O)CCCCC1)N1CCS(=O)(=O)C2(CCCCC2)C1. The minimum atomic E-state index is -3.04. The molecule has 0 bridgehead atoms. The molecular weight excluding hydrogens is 338 g/mol. The number of hydrogen-bond acceptors (Lipinski definition) is 4. The second-order valence-electron chi connectivity index (χ2n) is 8.17. The van der Waals surface area contributed by atoms with Crippen molar-refractivity contribution >= 4 is 15.8 Å². The molecule has 6 nitrogen and oxygen atoms in total. The first-order valence-electron chi connectivity index (χ1n) is 9.80. The highest BCUT2D eigenvalue weighted by atomic mass is 32.2. The molecule has 25 heavy (non-hydrogen) atoms. The number of nitrogens with one attached hydrogen (secondary N) is 1. The fourth-order valence-electron chi connectivity index (χ4n) is 4.78. The van der Waals surface area contributed by atoms with Gasteiger partial charge in [-0.25, -0.2) is 8.42 Å². The molecule has 0 amide bonds. The van der Waals surface area contributed by atoms with E-state index in [1.165, 1.54) is 6.42 Å². The van der Waals surface area contributed by atoms with Crippen molar-refractivity contribution in [2.24, 2.45) is 4.99 Å². The lowest BCUT2D eigenvalue weighted by Gasteiger charge is -2.45. The van der Waals surface area contributed by atoms with E-state index >= 15 is 0 Å². The van der Waals surface area contributed by atoms with Gasteiger partial charge in [-0.2, -0.15) is 0 Å². The van der Waals surface area contributed by atoms with Crippen molar-refractivity contribution in [3.8, 4) is 0 Å². The van der Waals surface area contributed by atoms with Gasteiger partial charge in [-0.15, -0.1) is 0 Å². The average molecular weight is 372 g/mol. The van der Waals surface area contributed by atoms with Crippen LogP contribution in [0.25, 0.3) is 0 Å². The monoisotopic (exact) mass is 371 g/mol. The van der Waals surface area contributed by atoms with Crippen molar-refractivity contribution in [2.75, 3.05) is 32.4 Å². The molecule has 2 aliphatic carbocycles. The van der Waals surface area contributed by atoms with Crippen LogP contribution in [0, 0.1) is 0 Å². The van der Waals surface area contributed by atoms with E-state index in [-0.39, 0.29) is 5.75 Å². The Bertz CT molecular complexity index is 591. The number of aliphatic imine (C=N–C) groups is 1. The van der Waals surface area contributed by atoms with E-state index in [9.17, 15) is 13.5 Å².